The molecule has 0 aliphatic carbocycles. The van der Waals surface area contributed by atoms with E-state index in [2.05, 4.69) is 17.1 Å². The molecule has 2 aromatic carbocycles. The number of aromatic hydroxyl groups is 1. The Kier molecular flexibility index (Phi) is 6.34. The first-order valence-corrected chi connectivity index (χ1v) is 15.8. The number of rotatable bonds is 6. The summed E-state index contributed by atoms with van der Waals surface area (Å²) >= 11 is 0. The zero-order valence-electron chi connectivity index (χ0n) is 24.2. The molecule has 0 amide bonds. The van der Waals surface area contributed by atoms with Crippen LogP contribution in [0.4, 0.5) is 4.39 Å². The molecule has 7 nitrogen and oxygen atoms in total. The van der Waals surface area contributed by atoms with Gasteiger partial charge >= 0.3 is 6.01 Å². The third kappa shape index (κ3) is 4.25. The van der Waals surface area contributed by atoms with Crippen LogP contribution in [0.15, 0.2) is 36.5 Å². The van der Waals surface area contributed by atoms with E-state index in [9.17, 15) is 5.11 Å². The third-order valence-electron chi connectivity index (χ3n) is 10.5. The number of phenolic OH excluding ortho intramolecular Hbond substituents is 1. The Morgan fingerprint density at radius 1 is 1.10 bits per heavy atom. The smallest absolute Gasteiger partial charge is 0.317 e. The average molecular weight is 568 g/mol. The first-order valence-electron chi connectivity index (χ1n) is 15.8. The number of aromatic nitrogens is 3. The summed E-state index contributed by atoms with van der Waals surface area (Å²) in [6, 6.07) is 10.5. The highest BCUT2D eigenvalue weighted by Crippen LogP contribution is 2.43. The van der Waals surface area contributed by atoms with Crippen LogP contribution in [0.2, 0.25) is 0 Å². The molecule has 42 heavy (non-hydrogen) atoms. The molecule has 4 aliphatic rings. The lowest BCUT2D eigenvalue weighted by Gasteiger charge is -2.32. The lowest BCUT2D eigenvalue weighted by Crippen LogP contribution is -2.43. The van der Waals surface area contributed by atoms with E-state index >= 15 is 4.39 Å². The Labute approximate surface area is 245 Å². The van der Waals surface area contributed by atoms with Gasteiger partial charge in [-0.1, -0.05) is 25.1 Å². The average Bonchev–Trinajstić information content (AvgIpc) is 3.68. The Balaban J connectivity index is 1.27. The minimum absolute atomic E-state index is 0.0470. The number of pyridine rings is 1. The zero-order chi connectivity index (χ0) is 28.4. The molecule has 2 aromatic heterocycles. The molecule has 0 radical (unpaired) electrons. The van der Waals surface area contributed by atoms with E-state index in [0.717, 1.165) is 67.2 Å². The van der Waals surface area contributed by atoms with Gasteiger partial charge in [0.25, 0.3) is 0 Å². The van der Waals surface area contributed by atoms with Crippen molar-refractivity contribution in [2.75, 3.05) is 19.7 Å². The second-order valence-electron chi connectivity index (χ2n) is 12.9. The maximum atomic E-state index is 16.8. The molecular formula is C34H38FN5O2. The van der Waals surface area contributed by atoms with Crippen molar-refractivity contribution >= 4 is 21.7 Å². The summed E-state index contributed by atoms with van der Waals surface area (Å²) in [5.74, 6) is -0.205. The van der Waals surface area contributed by atoms with E-state index in [4.69, 9.17) is 19.7 Å². The van der Waals surface area contributed by atoms with Gasteiger partial charge in [0.15, 0.2) is 5.82 Å². The molecule has 2 N–H and O–H groups in total. The summed E-state index contributed by atoms with van der Waals surface area (Å²) in [4.78, 5) is 17.0. The van der Waals surface area contributed by atoms with Crippen molar-refractivity contribution in [3.63, 3.8) is 0 Å². The highest BCUT2D eigenvalue weighted by Gasteiger charge is 2.45. The van der Waals surface area contributed by atoms with Crippen LogP contribution in [0.25, 0.3) is 32.9 Å². The number of phenols is 1. The van der Waals surface area contributed by atoms with Gasteiger partial charge in [-0.05, 0) is 99.3 Å². The normalized spacial score (nSPS) is 25.0. The number of aryl methyl sites for hydroxylation is 1. The van der Waals surface area contributed by atoms with Gasteiger partial charge in [-0.25, -0.2) is 4.39 Å². The molecule has 8 heteroatoms. The first kappa shape index (κ1) is 26.3. The predicted octanol–water partition coefficient (Wildman–Crippen LogP) is 6.26. The van der Waals surface area contributed by atoms with E-state index in [1.165, 1.54) is 25.7 Å². The van der Waals surface area contributed by atoms with Crippen molar-refractivity contribution in [2.24, 2.45) is 0 Å². The molecule has 2 bridgehead atoms. The van der Waals surface area contributed by atoms with E-state index < -0.39 is 5.82 Å². The van der Waals surface area contributed by atoms with Gasteiger partial charge in [-0.3, -0.25) is 9.88 Å². The topological polar surface area (TPSA) is 83.4 Å². The fourth-order valence-corrected chi connectivity index (χ4v) is 8.53. The fourth-order valence-electron chi connectivity index (χ4n) is 8.53. The summed E-state index contributed by atoms with van der Waals surface area (Å²) in [5, 5.41) is 16.8. The van der Waals surface area contributed by atoms with Crippen LogP contribution in [-0.2, 0) is 6.42 Å². The summed E-state index contributed by atoms with van der Waals surface area (Å²) in [6.07, 6.45) is 11.4. The largest absolute Gasteiger partial charge is 0.508 e. The van der Waals surface area contributed by atoms with Crippen molar-refractivity contribution in [1.82, 2.24) is 25.2 Å². The number of halogens is 1. The Morgan fingerprint density at radius 2 is 1.88 bits per heavy atom. The lowest BCUT2D eigenvalue weighted by molar-refractivity contribution is 0.107. The number of nitrogens with one attached hydrogen (secondary N) is 1. The molecule has 2 unspecified atom stereocenters. The van der Waals surface area contributed by atoms with Gasteiger partial charge < -0.3 is 15.2 Å². The highest BCUT2D eigenvalue weighted by molar-refractivity contribution is 6.01. The number of ether oxygens (including phenoxy) is 1. The van der Waals surface area contributed by atoms with E-state index in [-0.39, 0.29) is 34.4 Å². The van der Waals surface area contributed by atoms with Gasteiger partial charge in [0.05, 0.1) is 11.2 Å². The molecule has 4 aliphatic heterocycles. The van der Waals surface area contributed by atoms with Crippen molar-refractivity contribution in [2.45, 2.75) is 88.3 Å². The molecular weight excluding hydrogens is 529 g/mol. The standard InChI is InChI=1S/C34H38FN5O2/c1-2-20-6-3-7-21-16-25(41)17-26(28(20)21)31-29(35)32-27(18-36-31)30(22-14-23-8-9-24(15-22)37-23)38-33(39-32)42-19-34-10-4-12-40(34)13-5-11-34/h3,6-7,16-18,22-24,37,41H,2,4-5,8-15,19H2,1H3. The predicted molar refractivity (Wildman–Crippen MR) is 161 cm³/mol. The number of hydrogen-bond acceptors (Lipinski definition) is 7. The molecule has 4 aromatic rings. The van der Waals surface area contributed by atoms with Crippen LogP contribution in [0.1, 0.15) is 75.5 Å². The number of piperidine rings is 1. The molecule has 218 valence electrons. The molecule has 6 heterocycles. The number of hydrogen-bond donors (Lipinski definition) is 2. The van der Waals surface area contributed by atoms with Crippen LogP contribution in [0, 0.1) is 5.82 Å². The number of fused-ring (bicyclic) bond motifs is 5. The Hall–Kier alpha value is -3.36. The minimum Gasteiger partial charge on any atom is -0.508 e. The van der Waals surface area contributed by atoms with Crippen LogP contribution < -0.4 is 10.1 Å². The SMILES string of the molecule is CCc1cccc2cc(O)cc(-c3ncc4c(C5CC6CCC(C5)N6)nc(OCC56CCCN5CCC6)nc4c3F)c12. The lowest BCUT2D eigenvalue weighted by atomic mass is 9.87. The maximum Gasteiger partial charge on any atom is 0.317 e. The van der Waals surface area contributed by atoms with Crippen LogP contribution in [-0.4, -0.2) is 62.3 Å². The van der Waals surface area contributed by atoms with Crippen molar-refractivity contribution in [1.29, 1.82) is 0 Å². The third-order valence-corrected chi connectivity index (χ3v) is 10.5. The second-order valence-corrected chi connectivity index (χ2v) is 12.9. The number of benzene rings is 2. The first-order chi connectivity index (χ1) is 20.5. The Morgan fingerprint density at radius 3 is 2.64 bits per heavy atom. The minimum atomic E-state index is -0.489. The van der Waals surface area contributed by atoms with Crippen LogP contribution >= 0.6 is 0 Å². The van der Waals surface area contributed by atoms with Crippen molar-refractivity contribution in [3.05, 3.63) is 53.6 Å². The molecule has 0 saturated carbocycles. The quantitative estimate of drug-likeness (QED) is 0.285. The molecule has 4 saturated heterocycles. The summed E-state index contributed by atoms with van der Waals surface area (Å²) < 4.78 is 23.2. The van der Waals surface area contributed by atoms with Crippen LogP contribution in [0.3, 0.4) is 0 Å². The van der Waals surface area contributed by atoms with Gasteiger partial charge in [0.1, 0.15) is 23.6 Å². The van der Waals surface area contributed by atoms with E-state index in [1.807, 2.05) is 18.2 Å². The monoisotopic (exact) mass is 567 g/mol. The van der Waals surface area contributed by atoms with Gasteiger partial charge in [-0.2, -0.15) is 9.97 Å². The highest BCUT2D eigenvalue weighted by atomic mass is 19.1. The fraction of sp³-hybridized carbons (Fsp3) is 0.500. The van der Waals surface area contributed by atoms with Gasteiger partial charge in [0.2, 0.25) is 0 Å². The molecule has 4 fully saturated rings. The number of nitrogens with zero attached hydrogens (tertiary/aromatic N) is 4. The summed E-state index contributed by atoms with van der Waals surface area (Å²) in [7, 11) is 0. The van der Waals surface area contributed by atoms with Crippen LogP contribution in [0.5, 0.6) is 11.8 Å². The zero-order valence-corrected chi connectivity index (χ0v) is 24.2. The van der Waals surface area contributed by atoms with Crippen molar-refractivity contribution < 1.29 is 14.2 Å². The van der Waals surface area contributed by atoms with Gasteiger partial charge in [0, 0.05) is 35.1 Å². The molecule has 8 rings (SSSR count). The van der Waals surface area contributed by atoms with E-state index in [1.54, 1.807) is 18.3 Å². The Bertz CT molecular complexity index is 1670. The molecule has 2 atom stereocenters. The van der Waals surface area contributed by atoms with Crippen molar-refractivity contribution in [3.8, 4) is 23.0 Å². The summed E-state index contributed by atoms with van der Waals surface area (Å²) in [6.45, 7) is 4.85. The molecule has 0 spiro atoms. The summed E-state index contributed by atoms with van der Waals surface area (Å²) in [5.41, 5.74) is 3.01. The van der Waals surface area contributed by atoms with Gasteiger partial charge in [-0.15, -0.1) is 0 Å². The maximum absolute atomic E-state index is 16.8. The van der Waals surface area contributed by atoms with E-state index in [0.29, 0.717) is 29.6 Å². The second kappa shape index (κ2) is 10.1.